The molecule has 0 spiro atoms. The molecule has 0 fully saturated rings. The van der Waals surface area contributed by atoms with E-state index >= 15 is 0 Å². The summed E-state index contributed by atoms with van der Waals surface area (Å²) in [6.07, 6.45) is 13.4. The van der Waals surface area contributed by atoms with Gasteiger partial charge in [-0.05, 0) is 82.7 Å². The number of aliphatic imine (C=N–C) groups is 1. The largest absolute Gasteiger partial charge is 0.378 e. The van der Waals surface area contributed by atoms with E-state index in [0.717, 1.165) is 41.1 Å². The van der Waals surface area contributed by atoms with Crippen LogP contribution in [0.2, 0.25) is 0 Å². The van der Waals surface area contributed by atoms with Crippen LogP contribution in [-0.2, 0) is 0 Å². The summed E-state index contributed by atoms with van der Waals surface area (Å²) in [4.78, 5) is 5.50. The lowest BCUT2D eigenvalue weighted by Gasteiger charge is -2.41. The summed E-state index contributed by atoms with van der Waals surface area (Å²) in [6, 6.07) is 59.2. The molecule has 4 aliphatic rings. The van der Waals surface area contributed by atoms with Gasteiger partial charge in [-0.15, -0.1) is 0 Å². The van der Waals surface area contributed by atoms with Crippen molar-refractivity contribution in [1.82, 2.24) is 15.2 Å². The van der Waals surface area contributed by atoms with Crippen LogP contribution in [-0.4, -0.2) is 16.4 Å². The van der Waals surface area contributed by atoms with Gasteiger partial charge in [0, 0.05) is 45.3 Å². The van der Waals surface area contributed by atoms with Crippen molar-refractivity contribution in [3.63, 3.8) is 0 Å². The van der Waals surface area contributed by atoms with Gasteiger partial charge in [0.2, 0.25) is 0 Å². The number of benzene rings is 6. The lowest BCUT2D eigenvalue weighted by atomic mass is 9.69. The Balaban J connectivity index is 0.984. The Morgan fingerprint density at radius 2 is 1.25 bits per heavy atom. The first-order valence-electron chi connectivity index (χ1n) is 20.2. The number of hydrogen-bond acceptors (Lipinski definition) is 3. The van der Waals surface area contributed by atoms with Gasteiger partial charge in [0.25, 0.3) is 0 Å². The van der Waals surface area contributed by atoms with Crippen LogP contribution in [0.3, 0.4) is 0 Å². The van der Waals surface area contributed by atoms with E-state index in [-0.39, 0.29) is 18.1 Å². The van der Waals surface area contributed by atoms with Crippen LogP contribution in [0.5, 0.6) is 0 Å². The average Bonchev–Trinajstić information content (AvgIpc) is 3.63. The number of aromatic nitrogens is 1. The zero-order valence-electron chi connectivity index (χ0n) is 31.6. The molecule has 4 heteroatoms. The van der Waals surface area contributed by atoms with E-state index < -0.39 is 0 Å². The topological polar surface area (TPSA) is 41.4 Å². The minimum atomic E-state index is -0.199. The molecule has 6 aromatic carbocycles. The molecule has 0 amide bonds. The summed E-state index contributed by atoms with van der Waals surface area (Å²) in [5, 5.41) is 10.3. The van der Waals surface area contributed by atoms with Crippen molar-refractivity contribution in [2.75, 3.05) is 0 Å². The molecule has 1 aromatic heterocycles. The highest BCUT2D eigenvalue weighted by Gasteiger charge is 2.37. The second-order valence-electron chi connectivity index (χ2n) is 15.6. The molecule has 0 saturated heterocycles. The predicted molar refractivity (Wildman–Crippen MR) is 235 cm³/mol. The van der Waals surface area contributed by atoms with Gasteiger partial charge in [-0.2, -0.15) is 0 Å². The molecular formula is C53H42N4. The lowest BCUT2D eigenvalue weighted by Crippen LogP contribution is -2.36. The van der Waals surface area contributed by atoms with Crippen LogP contribution < -0.4 is 10.6 Å². The van der Waals surface area contributed by atoms with Gasteiger partial charge in [-0.25, -0.2) is 0 Å². The van der Waals surface area contributed by atoms with Crippen molar-refractivity contribution < 1.29 is 0 Å². The number of rotatable bonds is 6. The molecule has 2 N–H and O–H groups in total. The molecule has 57 heavy (non-hydrogen) atoms. The van der Waals surface area contributed by atoms with E-state index in [4.69, 9.17) is 4.99 Å². The van der Waals surface area contributed by atoms with Gasteiger partial charge in [0.1, 0.15) is 6.17 Å². The Hall–Kier alpha value is -6.91. The SMILES string of the molecule is C1=CC2CC(C3N=C(c4cccc(-n5c6ccccc6c6ccccc65)c4)C=C(c4ccccc4)N3)=CC=C2C2=C1NC(c1ccccc1)CC2c1ccccc1. The predicted octanol–water partition coefficient (Wildman–Crippen LogP) is 11.8. The first-order chi connectivity index (χ1) is 28.2. The smallest absolute Gasteiger partial charge is 0.141 e. The third-order valence-electron chi connectivity index (χ3n) is 12.2. The van der Waals surface area contributed by atoms with E-state index in [1.54, 1.807) is 0 Å². The van der Waals surface area contributed by atoms with E-state index in [2.05, 4.69) is 209 Å². The third-order valence-corrected chi connectivity index (χ3v) is 12.2. The quantitative estimate of drug-likeness (QED) is 0.179. The van der Waals surface area contributed by atoms with E-state index in [1.807, 2.05) is 0 Å². The molecule has 0 saturated carbocycles. The van der Waals surface area contributed by atoms with Crippen LogP contribution in [0.25, 0.3) is 33.2 Å². The van der Waals surface area contributed by atoms with E-state index in [0.29, 0.717) is 5.92 Å². The van der Waals surface area contributed by atoms with Gasteiger partial charge in [0.15, 0.2) is 0 Å². The van der Waals surface area contributed by atoms with Crippen molar-refractivity contribution in [3.05, 3.63) is 239 Å². The highest BCUT2D eigenvalue weighted by atomic mass is 15.1. The Morgan fingerprint density at radius 1 is 0.596 bits per heavy atom. The van der Waals surface area contributed by atoms with Crippen molar-refractivity contribution >= 4 is 33.2 Å². The number of fused-ring (bicyclic) bond motifs is 5. The summed E-state index contributed by atoms with van der Waals surface area (Å²) >= 11 is 0. The fourth-order valence-electron chi connectivity index (χ4n) is 9.54. The van der Waals surface area contributed by atoms with Gasteiger partial charge in [0.05, 0.1) is 22.8 Å². The highest BCUT2D eigenvalue weighted by Crippen LogP contribution is 2.49. The molecule has 4 atom stereocenters. The van der Waals surface area contributed by atoms with Crippen LogP contribution in [0, 0.1) is 5.92 Å². The monoisotopic (exact) mass is 734 g/mol. The molecule has 274 valence electrons. The van der Waals surface area contributed by atoms with Crippen LogP contribution in [0.15, 0.2) is 222 Å². The summed E-state index contributed by atoms with van der Waals surface area (Å²) in [5.74, 6) is 0.573. The molecule has 2 aliphatic carbocycles. The fourth-order valence-corrected chi connectivity index (χ4v) is 9.54. The first kappa shape index (κ1) is 33.4. The number of nitrogens with one attached hydrogen (secondary N) is 2. The minimum Gasteiger partial charge on any atom is -0.378 e. The molecule has 4 nitrogen and oxygen atoms in total. The summed E-state index contributed by atoms with van der Waals surface area (Å²) in [5.41, 5.74) is 15.9. The summed E-state index contributed by atoms with van der Waals surface area (Å²) in [7, 11) is 0. The normalized spacial score (nSPS) is 21.4. The average molecular weight is 735 g/mol. The van der Waals surface area contributed by atoms with Gasteiger partial charge in [-0.3, -0.25) is 4.99 Å². The highest BCUT2D eigenvalue weighted by molar-refractivity contribution is 6.14. The molecule has 3 heterocycles. The number of nitrogens with zero attached hydrogens (tertiary/aromatic N) is 2. The second-order valence-corrected chi connectivity index (χ2v) is 15.6. The third kappa shape index (κ3) is 5.96. The summed E-state index contributed by atoms with van der Waals surface area (Å²) in [6.45, 7) is 0. The maximum absolute atomic E-state index is 5.50. The van der Waals surface area contributed by atoms with Crippen LogP contribution in [0.1, 0.15) is 47.1 Å². The molecular weight excluding hydrogens is 693 g/mol. The van der Waals surface area contributed by atoms with E-state index in [9.17, 15) is 0 Å². The Bertz CT molecular complexity index is 2800. The first-order valence-corrected chi connectivity index (χ1v) is 20.2. The number of hydrogen-bond donors (Lipinski definition) is 2. The van der Waals surface area contributed by atoms with Crippen LogP contribution in [0.4, 0.5) is 0 Å². The van der Waals surface area contributed by atoms with Crippen molar-refractivity contribution in [3.8, 4) is 5.69 Å². The maximum Gasteiger partial charge on any atom is 0.141 e. The second kappa shape index (κ2) is 14.0. The molecule has 11 rings (SSSR count). The van der Waals surface area contributed by atoms with Crippen molar-refractivity contribution in [2.24, 2.45) is 10.9 Å². The van der Waals surface area contributed by atoms with Gasteiger partial charge < -0.3 is 15.2 Å². The van der Waals surface area contributed by atoms with Crippen LogP contribution >= 0.6 is 0 Å². The Labute approximate surface area is 333 Å². The summed E-state index contributed by atoms with van der Waals surface area (Å²) < 4.78 is 2.38. The molecule has 0 radical (unpaired) electrons. The van der Waals surface area contributed by atoms with Crippen molar-refractivity contribution in [1.29, 1.82) is 0 Å². The Kier molecular flexibility index (Phi) is 8.20. The van der Waals surface area contributed by atoms with Crippen molar-refractivity contribution in [2.45, 2.75) is 31.0 Å². The fraction of sp³-hybridized carbons (Fsp3) is 0.113. The van der Waals surface area contributed by atoms with Gasteiger partial charge in [-0.1, -0.05) is 158 Å². The zero-order chi connectivity index (χ0) is 37.7. The molecule has 4 unspecified atom stereocenters. The maximum atomic E-state index is 5.50. The Morgan fingerprint density at radius 3 is 1.98 bits per heavy atom. The number of allylic oxidation sites excluding steroid dienone is 7. The minimum absolute atomic E-state index is 0.199. The molecule has 0 bridgehead atoms. The molecule has 2 aliphatic heterocycles. The zero-order valence-corrected chi connectivity index (χ0v) is 31.6. The number of para-hydroxylation sites is 2. The molecule has 7 aromatic rings. The van der Waals surface area contributed by atoms with Gasteiger partial charge >= 0.3 is 0 Å². The standard InChI is InChI=1S/C53H42N4/c1-4-15-35(16-5-1)45-33-47(36-17-6-2-7-18-36)54-46-30-28-38-31-40(27-29-42(38)52(45)46)53-55-48(37-19-8-3-9-20-37)34-49(56-53)39-21-14-22-41(32-39)57-50-25-12-10-23-43(50)44-24-11-13-26-51(44)57/h1-30,32,34,38,45,47,53-55H,31,33H2. The van der Waals surface area contributed by atoms with E-state index in [1.165, 1.54) is 55.3 Å². The lowest BCUT2D eigenvalue weighted by molar-refractivity contribution is 0.472.